The number of aryl methyl sites for hydroxylation is 3. The minimum Gasteiger partial charge on any atom is -0.310 e. The van der Waals surface area contributed by atoms with Crippen LogP contribution in [-0.2, 0) is 13.0 Å². The average Bonchev–Trinajstić information content (AvgIpc) is 2.37. The molecular formula is C19H24ClN. The Morgan fingerprint density at radius 2 is 1.71 bits per heavy atom. The molecule has 2 aromatic carbocycles. The lowest BCUT2D eigenvalue weighted by atomic mass is 9.99. The normalized spacial score (nSPS) is 12.4. The highest BCUT2D eigenvalue weighted by molar-refractivity contribution is 6.30. The van der Waals surface area contributed by atoms with E-state index in [9.17, 15) is 0 Å². The molecule has 1 atom stereocenters. The van der Waals surface area contributed by atoms with Crippen LogP contribution in [0, 0.1) is 20.8 Å². The Morgan fingerprint density at radius 3 is 2.33 bits per heavy atom. The lowest BCUT2D eigenvalue weighted by Crippen LogP contribution is -2.28. The van der Waals surface area contributed by atoms with Gasteiger partial charge in [0.05, 0.1) is 0 Å². The van der Waals surface area contributed by atoms with E-state index in [2.05, 4.69) is 51.2 Å². The molecule has 0 bridgehead atoms. The van der Waals surface area contributed by atoms with Crippen molar-refractivity contribution in [2.45, 2.75) is 46.7 Å². The molecule has 1 unspecified atom stereocenters. The lowest BCUT2D eigenvalue weighted by molar-refractivity contribution is 0.543. The molecule has 2 aromatic rings. The van der Waals surface area contributed by atoms with Crippen LogP contribution in [0.3, 0.4) is 0 Å². The average molecular weight is 302 g/mol. The van der Waals surface area contributed by atoms with E-state index in [0.717, 1.165) is 18.0 Å². The van der Waals surface area contributed by atoms with Crippen molar-refractivity contribution in [2.24, 2.45) is 0 Å². The first kappa shape index (κ1) is 16.1. The molecule has 21 heavy (non-hydrogen) atoms. The molecule has 0 fully saturated rings. The maximum absolute atomic E-state index is 6.04. The van der Waals surface area contributed by atoms with E-state index in [1.54, 1.807) is 0 Å². The molecule has 0 radical (unpaired) electrons. The van der Waals surface area contributed by atoms with Gasteiger partial charge in [-0.15, -0.1) is 0 Å². The topological polar surface area (TPSA) is 12.0 Å². The van der Waals surface area contributed by atoms with Crippen LogP contribution in [0.5, 0.6) is 0 Å². The van der Waals surface area contributed by atoms with Gasteiger partial charge in [-0.2, -0.15) is 0 Å². The van der Waals surface area contributed by atoms with Crippen molar-refractivity contribution in [3.63, 3.8) is 0 Å². The summed E-state index contributed by atoms with van der Waals surface area (Å²) in [7, 11) is 0. The van der Waals surface area contributed by atoms with E-state index in [0.29, 0.717) is 6.04 Å². The van der Waals surface area contributed by atoms with E-state index in [4.69, 9.17) is 11.6 Å². The summed E-state index contributed by atoms with van der Waals surface area (Å²) in [4.78, 5) is 0. The Bertz CT molecular complexity index is 596. The Morgan fingerprint density at radius 1 is 1.05 bits per heavy atom. The van der Waals surface area contributed by atoms with Gasteiger partial charge in [-0.25, -0.2) is 0 Å². The minimum atomic E-state index is 0.420. The zero-order valence-electron chi connectivity index (χ0n) is 13.3. The molecule has 0 spiro atoms. The second kappa shape index (κ2) is 7.11. The largest absolute Gasteiger partial charge is 0.310 e. The third-order valence-corrected chi connectivity index (χ3v) is 4.13. The Balaban J connectivity index is 1.97. The summed E-state index contributed by atoms with van der Waals surface area (Å²) in [5.41, 5.74) is 6.77. The number of hydrogen-bond acceptors (Lipinski definition) is 1. The number of hydrogen-bond donors (Lipinski definition) is 1. The van der Waals surface area contributed by atoms with Crippen LogP contribution in [0.4, 0.5) is 0 Å². The fourth-order valence-corrected chi connectivity index (χ4v) is 3.07. The van der Waals surface area contributed by atoms with E-state index in [-0.39, 0.29) is 0 Å². The van der Waals surface area contributed by atoms with Crippen molar-refractivity contribution >= 4 is 11.6 Å². The van der Waals surface area contributed by atoms with Gasteiger partial charge in [0, 0.05) is 17.6 Å². The first-order chi connectivity index (χ1) is 9.95. The van der Waals surface area contributed by atoms with Gasteiger partial charge < -0.3 is 5.32 Å². The van der Waals surface area contributed by atoms with E-state index in [1.807, 2.05) is 18.2 Å². The zero-order valence-corrected chi connectivity index (χ0v) is 14.1. The third-order valence-electron chi connectivity index (χ3n) is 3.90. The van der Waals surface area contributed by atoms with Crippen LogP contribution in [0.25, 0.3) is 0 Å². The van der Waals surface area contributed by atoms with Gasteiger partial charge in [-0.1, -0.05) is 41.4 Å². The van der Waals surface area contributed by atoms with Crippen LogP contribution in [0.1, 0.15) is 34.7 Å². The molecule has 0 aliphatic carbocycles. The van der Waals surface area contributed by atoms with Gasteiger partial charge in [-0.05, 0) is 68.5 Å². The molecule has 2 rings (SSSR count). The van der Waals surface area contributed by atoms with Crippen LogP contribution >= 0.6 is 11.6 Å². The molecule has 0 amide bonds. The van der Waals surface area contributed by atoms with E-state index in [1.165, 1.54) is 27.8 Å². The van der Waals surface area contributed by atoms with Crippen LogP contribution in [-0.4, -0.2) is 6.04 Å². The molecule has 0 saturated carbocycles. The first-order valence-corrected chi connectivity index (χ1v) is 7.88. The third kappa shape index (κ3) is 4.59. The van der Waals surface area contributed by atoms with Crippen LogP contribution in [0.15, 0.2) is 36.4 Å². The Hall–Kier alpha value is -1.31. The molecule has 0 aromatic heterocycles. The van der Waals surface area contributed by atoms with Crippen molar-refractivity contribution in [2.75, 3.05) is 0 Å². The summed E-state index contributed by atoms with van der Waals surface area (Å²) in [5.74, 6) is 0. The van der Waals surface area contributed by atoms with Crippen molar-refractivity contribution < 1.29 is 0 Å². The zero-order chi connectivity index (χ0) is 15.4. The van der Waals surface area contributed by atoms with E-state index >= 15 is 0 Å². The van der Waals surface area contributed by atoms with Gasteiger partial charge in [0.1, 0.15) is 0 Å². The molecule has 1 nitrogen and oxygen atoms in total. The highest BCUT2D eigenvalue weighted by Gasteiger charge is 2.07. The number of rotatable bonds is 5. The Labute approximate surface area is 133 Å². The fourth-order valence-electron chi connectivity index (χ4n) is 2.85. The monoisotopic (exact) mass is 301 g/mol. The number of nitrogens with one attached hydrogen (secondary N) is 1. The minimum absolute atomic E-state index is 0.420. The maximum atomic E-state index is 6.04. The molecule has 0 aliphatic rings. The molecule has 0 saturated heterocycles. The summed E-state index contributed by atoms with van der Waals surface area (Å²) >= 11 is 6.04. The lowest BCUT2D eigenvalue weighted by Gasteiger charge is -2.17. The predicted molar refractivity (Wildman–Crippen MR) is 92.1 cm³/mol. The van der Waals surface area contributed by atoms with Gasteiger partial charge >= 0.3 is 0 Å². The number of benzene rings is 2. The predicted octanol–water partition coefficient (Wildman–Crippen LogP) is 4.99. The maximum Gasteiger partial charge on any atom is 0.0408 e. The fraction of sp³-hybridized carbons (Fsp3) is 0.368. The van der Waals surface area contributed by atoms with E-state index < -0.39 is 0 Å². The summed E-state index contributed by atoms with van der Waals surface area (Å²) in [6.45, 7) is 9.68. The highest BCUT2D eigenvalue weighted by atomic mass is 35.5. The van der Waals surface area contributed by atoms with Gasteiger partial charge in [-0.3, -0.25) is 0 Å². The molecule has 2 heteroatoms. The quantitative estimate of drug-likeness (QED) is 0.820. The van der Waals surface area contributed by atoms with Gasteiger partial charge in [0.25, 0.3) is 0 Å². The molecular weight excluding hydrogens is 278 g/mol. The first-order valence-electron chi connectivity index (χ1n) is 7.50. The Kier molecular flexibility index (Phi) is 5.44. The van der Waals surface area contributed by atoms with Gasteiger partial charge in [0.2, 0.25) is 0 Å². The molecule has 112 valence electrons. The smallest absolute Gasteiger partial charge is 0.0408 e. The molecule has 0 heterocycles. The number of halogens is 1. The van der Waals surface area contributed by atoms with Crippen molar-refractivity contribution in [3.05, 3.63) is 69.2 Å². The molecule has 1 N–H and O–H groups in total. The van der Waals surface area contributed by atoms with Crippen LogP contribution in [0.2, 0.25) is 5.02 Å². The molecule has 0 aliphatic heterocycles. The summed E-state index contributed by atoms with van der Waals surface area (Å²) in [6, 6.07) is 13.0. The van der Waals surface area contributed by atoms with Crippen LogP contribution < -0.4 is 5.32 Å². The van der Waals surface area contributed by atoms with Crippen molar-refractivity contribution in [3.8, 4) is 0 Å². The second-order valence-corrected chi connectivity index (χ2v) is 6.43. The summed E-state index contributed by atoms with van der Waals surface area (Å²) in [5, 5.41) is 4.44. The second-order valence-electron chi connectivity index (χ2n) is 5.99. The van der Waals surface area contributed by atoms with Crippen molar-refractivity contribution in [1.29, 1.82) is 0 Å². The summed E-state index contributed by atoms with van der Waals surface area (Å²) in [6.07, 6.45) is 0.991. The summed E-state index contributed by atoms with van der Waals surface area (Å²) < 4.78 is 0. The van der Waals surface area contributed by atoms with Gasteiger partial charge in [0.15, 0.2) is 0 Å². The highest BCUT2D eigenvalue weighted by Crippen LogP contribution is 2.17. The standard InChI is InChI=1S/C19H24ClN/c1-13-8-14(2)19(15(3)9-13)12-21-16(4)10-17-6-5-7-18(20)11-17/h5-9,11,16,21H,10,12H2,1-4H3. The van der Waals surface area contributed by atoms with Crippen molar-refractivity contribution in [1.82, 2.24) is 5.32 Å². The SMILES string of the molecule is Cc1cc(C)c(CNC(C)Cc2cccc(Cl)c2)c(C)c1.